The molecule has 0 aliphatic rings. The molecule has 110 valence electrons. The monoisotopic (exact) mass is 279 g/mol. The third-order valence-electron chi connectivity index (χ3n) is 3.44. The maximum absolute atomic E-state index is 12.5. The SMILES string of the molecule is CCn1c(C)nc2c1c(=O)n(CCN)c(=O)n2C(C)C. The number of hydrogen-bond donors (Lipinski definition) is 1. The van der Waals surface area contributed by atoms with Gasteiger partial charge in [0.25, 0.3) is 5.56 Å². The Bertz CT molecular complexity index is 751. The molecule has 2 N–H and O–H groups in total. The highest BCUT2D eigenvalue weighted by atomic mass is 16.2. The molecule has 0 atom stereocenters. The molecule has 0 amide bonds. The normalized spacial score (nSPS) is 11.7. The molecule has 0 saturated heterocycles. The molecule has 20 heavy (non-hydrogen) atoms. The minimum Gasteiger partial charge on any atom is -0.329 e. The fraction of sp³-hybridized carbons (Fsp3) is 0.615. The zero-order valence-corrected chi connectivity index (χ0v) is 12.4. The third kappa shape index (κ3) is 1.98. The van der Waals surface area contributed by atoms with Crippen LogP contribution in [0.5, 0.6) is 0 Å². The van der Waals surface area contributed by atoms with Gasteiger partial charge in [-0.05, 0) is 27.7 Å². The lowest BCUT2D eigenvalue weighted by Gasteiger charge is -2.14. The van der Waals surface area contributed by atoms with Crippen LogP contribution in [0.25, 0.3) is 11.2 Å². The van der Waals surface area contributed by atoms with Crippen LogP contribution in [0.4, 0.5) is 0 Å². The van der Waals surface area contributed by atoms with Crippen molar-refractivity contribution in [1.82, 2.24) is 18.7 Å². The van der Waals surface area contributed by atoms with Gasteiger partial charge in [0.1, 0.15) is 5.82 Å². The van der Waals surface area contributed by atoms with Crippen LogP contribution in [0.3, 0.4) is 0 Å². The van der Waals surface area contributed by atoms with Crippen molar-refractivity contribution in [3.8, 4) is 0 Å². The topological polar surface area (TPSA) is 87.8 Å². The number of imidazole rings is 1. The molecule has 2 rings (SSSR count). The molecular formula is C13H21N5O2. The lowest BCUT2D eigenvalue weighted by molar-refractivity contribution is 0.525. The number of nitrogens with two attached hydrogens (primary N) is 1. The molecule has 0 aromatic carbocycles. The average Bonchev–Trinajstić information content (AvgIpc) is 2.70. The maximum atomic E-state index is 12.5. The number of nitrogens with zero attached hydrogens (tertiary/aromatic N) is 4. The molecule has 7 heteroatoms. The van der Waals surface area contributed by atoms with Gasteiger partial charge in [0.05, 0.1) is 0 Å². The second-order valence-electron chi connectivity index (χ2n) is 5.07. The van der Waals surface area contributed by atoms with E-state index in [-0.39, 0.29) is 30.4 Å². The van der Waals surface area contributed by atoms with E-state index in [0.717, 1.165) is 5.82 Å². The summed E-state index contributed by atoms with van der Waals surface area (Å²) in [5.74, 6) is 0.735. The highest BCUT2D eigenvalue weighted by molar-refractivity contribution is 5.71. The van der Waals surface area contributed by atoms with Gasteiger partial charge in [-0.15, -0.1) is 0 Å². The number of aromatic nitrogens is 4. The molecule has 0 fully saturated rings. The van der Waals surface area contributed by atoms with E-state index in [1.807, 2.05) is 32.3 Å². The van der Waals surface area contributed by atoms with Crippen molar-refractivity contribution < 1.29 is 0 Å². The van der Waals surface area contributed by atoms with E-state index in [9.17, 15) is 9.59 Å². The summed E-state index contributed by atoms with van der Waals surface area (Å²) in [6.45, 7) is 8.69. The van der Waals surface area contributed by atoms with Crippen LogP contribution >= 0.6 is 0 Å². The Labute approximate surface area is 116 Å². The second kappa shape index (κ2) is 5.24. The molecular weight excluding hydrogens is 258 g/mol. The van der Waals surface area contributed by atoms with Crippen LogP contribution in [0, 0.1) is 6.92 Å². The Balaban J connectivity index is 3.04. The Hall–Kier alpha value is -1.89. The number of aryl methyl sites for hydroxylation is 2. The number of hydrogen-bond acceptors (Lipinski definition) is 4. The molecule has 0 bridgehead atoms. The van der Waals surface area contributed by atoms with E-state index in [2.05, 4.69) is 4.98 Å². The van der Waals surface area contributed by atoms with Crippen LogP contribution in [0.1, 0.15) is 32.6 Å². The van der Waals surface area contributed by atoms with Crippen molar-refractivity contribution in [2.45, 2.75) is 46.8 Å². The van der Waals surface area contributed by atoms with Gasteiger partial charge in [-0.1, -0.05) is 0 Å². The van der Waals surface area contributed by atoms with Crippen LogP contribution < -0.4 is 17.0 Å². The van der Waals surface area contributed by atoms with Gasteiger partial charge in [0.2, 0.25) is 0 Å². The minimum absolute atomic E-state index is 0.0748. The summed E-state index contributed by atoms with van der Waals surface area (Å²) in [5, 5.41) is 0. The van der Waals surface area contributed by atoms with Crippen molar-refractivity contribution in [1.29, 1.82) is 0 Å². The van der Waals surface area contributed by atoms with E-state index < -0.39 is 0 Å². The highest BCUT2D eigenvalue weighted by Crippen LogP contribution is 2.14. The predicted molar refractivity (Wildman–Crippen MR) is 78.1 cm³/mol. The molecule has 2 aromatic heterocycles. The van der Waals surface area contributed by atoms with Crippen molar-refractivity contribution >= 4 is 11.2 Å². The summed E-state index contributed by atoms with van der Waals surface area (Å²) in [4.78, 5) is 29.4. The summed E-state index contributed by atoms with van der Waals surface area (Å²) < 4.78 is 4.60. The third-order valence-corrected chi connectivity index (χ3v) is 3.44. The highest BCUT2D eigenvalue weighted by Gasteiger charge is 2.20. The second-order valence-corrected chi connectivity index (χ2v) is 5.07. The van der Waals surface area contributed by atoms with E-state index in [0.29, 0.717) is 17.7 Å². The van der Waals surface area contributed by atoms with Gasteiger partial charge in [-0.3, -0.25) is 13.9 Å². The number of rotatable bonds is 4. The Kier molecular flexibility index (Phi) is 3.80. The Morgan fingerprint density at radius 2 is 1.90 bits per heavy atom. The largest absolute Gasteiger partial charge is 0.333 e. The van der Waals surface area contributed by atoms with Crippen LogP contribution in [-0.2, 0) is 13.1 Å². The zero-order valence-electron chi connectivity index (χ0n) is 12.4. The smallest absolute Gasteiger partial charge is 0.329 e. The van der Waals surface area contributed by atoms with Crippen molar-refractivity contribution in [2.75, 3.05) is 6.54 Å². The molecule has 0 unspecified atom stereocenters. The molecule has 0 aliphatic carbocycles. The first-order valence-electron chi connectivity index (χ1n) is 6.86. The van der Waals surface area contributed by atoms with Gasteiger partial charge in [-0.25, -0.2) is 9.78 Å². The molecule has 0 saturated carbocycles. The molecule has 0 aliphatic heterocycles. The van der Waals surface area contributed by atoms with E-state index in [1.165, 1.54) is 4.57 Å². The quantitative estimate of drug-likeness (QED) is 0.867. The van der Waals surface area contributed by atoms with Crippen molar-refractivity contribution in [3.63, 3.8) is 0 Å². The Morgan fingerprint density at radius 1 is 1.25 bits per heavy atom. The zero-order chi connectivity index (χ0) is 15.0. The van der Waals surface area contributed by atoms with Gasteiger partial charge in [-0.2, -0.15) is 0 Å². The summed E-state index contributed by atoms with van der Waals surface area (Å²) >= 11 is 0. The first-order valence-corrected chi connectivity index (χ1v) is 6.86. The van der Waals surface area contributed by atoms with E-state index >= 15 is 0 Å². The average molecular weight is 279 g/mol. The predicted octanol–water partition coefficient (Wildman–Crippen LogP) is 0.228. The van der Waals surface area contributed by atoms with Crippen LogP contribution in [0.15, 0.2) is 9.59 Å². The minimum atomic E-state index is -0.344. The number of fused-ring (bicyclic) bond motifs is 1. The summed E-state index contributed by atoms with van der Waals surface area (Å²) in [6, 6.07) is -0.0748. The van der Waals surface area contributed by atoms with Gasteiger partial charge in [0, 0.05) is 25.7 Å². The Morgan fingerprint density at radius 3 is 2.40 bits per heavy atom. The first kappa shape index (κ1) is 14.5. The fourth-order valence-corrected chi connectivity index (χ4v) is 2.54. The first-order chi connectivity index (χ1) is 9.43. The molecule has 0 radical (unpaired) electrons. The van der Waals surface area contributed by atoms with Crippen molar-refractivity contribution in [2.24, 2.45) is 5.73 Å². The van der Waals surface area contributed by atoms with Crippen LogP contribution in [0.2, 0.25) is 0 Å². The molecule has 2 heterocycles. The molecule has 2 aromatic rings. The molecule has 7 nitrogen and oxygen atoms in total. The lowest BCUT2D eigenvalue weighted by Crippen LogP contribution is -2.42. The van der Waals surface area contributed by atoms with Crippen LogP contribution in [-0.4, -0.2) is 25.2 Å². The van der Waals surface area contributed by atoms with E-state index in [1.54, 1.807) is 4.57 Å². The van der Waals surface area contributed by atoms with Gasteiger partial charge < -0.3 is 10.3 Å². The summed E-state index contributed by atoms with van der Waals surface area (Å²) in [7, 11) is 0. The van der Waals surface area contributed by atoms with Gasteiger partial charge >= 0.3 is 5.69 Å². The summed E-state index contributed by atoms with van der Waals surface area (Å²) in [5.41, 5.74) is 5.80. The summed E-state index contributed by atoms with van der Waals surface area (Å²) in [6.07, 6.45) is 0. The standard InChI is InChI=1S/C13H21N5O2/c1-5-16-9(4)15-11-10(16)12(19)17(7-6-14)13(20)18(11)8(2)3/h8H,5-7,14H2,1-4H3. The maximum Gasteiger partial charge on any atom is 0.333 e. The van der Waals surface area contributed by atoms with Crippen molar-refractivity contribution in [3.05, 3.63) is 26.7 Å². The fourth-order valence-electron chi connectivity index (χ4n) is 2.54. The van der Waals surface area contributed by atoms with Gasteiger partial charge in [0.15, 0.2) is 11.2 Å². The van der Waals surface area contributed by atoms with E-state index in [4.69, 9.17) is 5.73 Å². The molecule has 0 spiro atoms. The lowest BCUT2D eigenvalue weighted by atomic mass is 10.3.